The van der Waals surface area contributed by atoms with E-state index in [0.29, 0.717) is 11.0 Å². The van der Waals surface area contributed by atoms with E-state index in [2.05, 4.69) is 26.2 Å². The molecule has 0 radical (unpaired) electrons. The Balaban J connectivity index is 2.05. The van der Waals surface area contributed by atoms with Crippen molar-refractivity contribution in [1.82, 2.24) is 5.32 Å². The van der Waals surface area contributed by atoms with Crippen LogP contribution in [0.25, 0.3) is 0 Å². The predicted molar refractivity (Wildman–Crippen MR) is 56.8 cm³/mol. The SMILES string of the molecule is CNC1(C2CCCCC2)CC1(C)C. The Labute approximate surface area is 82.3 Å². The summed E-state index contributed by atoms with van der Waals surface area (Å²) in [5, 5.41) is 3.61. The Bertz CT molecular complexity index is 191. The van der Waals surface area contributed by atoms with Crippen LogP contribution in [-0.4, -0.2) is 12.6 Å². The van der Waals surface area contributed by atoms with E-state index in [4.69, 9.17) is 0 Å². The van der Waals surface area contributed by atoms with Gasteiger partial charge in [-0.1, -0.05) is 33.1 Å². The van der Waals surface area contributed by atoms with E-state index in [1.54, 1.807) is 0 Å². The molecule has 1 nitrogen and oxygen atoms in total. The molecule has 0 bridgehead atoms. The highest BCUT2D eigenvalue weighted by Gasteiger charge is 2.63. The van der Waals surface area contributed by atoms with Crippen LogP contribution in [0, 0.1) is 11.3 Å². The molecule has 1 N–H and O–H groups in total. The maximum Gasteiger partial charge on any atom is 0.0264 e. The van der Waals surface area contributed by atoms with E-state index in [1.807, 2.05) is 0 Å². The van der Waals surface area contributed by atoms with Gasteiger partial charge in [0.1, 0.15) is 0 Å². The summed E-state index contributed by atoms with van der Waals surface area (Å²) in [6, 6.07) is 0. The average molecular weight is 181 g/mol. The lowest BCUT2D eigenvalue weighted by atomic mass is 9.79. The van der Waals surface area contributed by atoms with Gasteiger partial charge in [0.05, 0.1) is 0 Å². The maximum absolute atomic E-state index is 3.61. The average Bonchev–Trinajstić information content (AvgIpc) is 2.72. The molecule has 0 aromatic carbocycles. The highest BCUT2D eigenvalue weighted by atomic mass is 15.1. The first-order chi connectivity index (χ1) is 6.12. The van der Waals surface area contributed by atoms with Gasteiger partial charge >= 0.3 is 0 Å². The summed E-state index contributed by atoms with van der Waals surface area (Å²) in [6.07, 6.45) is 8.71. The zero-order valence-electron chi connectivity index (χ0n) is 9.32. The Morgan fingerprint density at radius 1 is 1.08 bits per heavy atom. The summed E-state index contributed by atoms with van der Waals surface area (Å²) in [5.41, 5.74) is 1.07. The van der Waals surface area contributed by atoms with Crippen LogP contribution in [0.4, 0.5) is 0 Å². The van der Waals surface area contributed by atoms with Gasteiger partial charge in [-0.15, -0.1) is 0 Å². The summed E-state index contributed by atoms with van der Waals surface area (Å²) in [6.45, 7) is 4.83. The van der Waals surface area contributed by atoms with Crippen molar-refractivity contribution in [2.24, 2.45) is 11.3 Å². The summed E-state index contributed by atoms with van der Waals surface area (Å²) in [5.74, 6) is 0.959. The lowest BCUT2D eigenvalue weighted by Crippen LogP contribution is -2.41. The molecule has 0 aliphatic heterocycles. The van der Waals surface area contributed by atoms with Crippen molar-refractivity contribution in [2.75, 3.05) is 7.05 Å². The summed E-state index contributed by atoms with van der Waals surface area (Å²) in [7, 11) is 2.16. The summed E-state index contributed by atoms with van der Waals surface area (Å²) < 4.78 is 0. The molecule has 1 unspecified atom stereocenters. The quantitative estimate of drug-likeness (QED) is 0.690. The van der Waals surface area contributed by atoms with Gasteiger partial charge in [0, 0.05) is 5.54 Å². The van der Waals surface area contributed by atoms with Crippen LogP contribution in [0.15, 0.2) is 0 Å². The summed E-state index contributed by atoms with van der Waals surface area (Å²) >= 11 is 0. The highest BCUT2D eigenvalue weighted by Crippen LogP contribution is 2.61. The Kier molecular flexibility index (Phi) is 2.18. The van der Waals surface area contributed by atoms with Crippen molar-refractivity contribution < 1.29 is 0 Å². The third kappa shape index (κ3) is 1.32. The third-order valence-corrected chi connectivity index (χ3v) is 4.55. The molecule has 1 atom stereocenters. The lowest BCUT2D eigenvalue weighted by molar-refractivity contribution is 0.225. The molecule has 2 aliphatic rings. The minimum Gasteiger partial charge on any atom is -0.313 e. The van der Waals surface area contributed by atoms with Gasteiger partial charge in [-0.2, -0.15) is 0 Å². The zero-order valence-corrected chi connectivity index (χ0v) is 9.32. The first-order valence-corrected chi connectivity index (χ1v) is 5.81. The second-order valence-electron chi connectivity index (χ2n) is 5.62. The smallest absolute Gasteiger partial charge is 0.0264 e. The fourth-order valence-electron chi connectivity index (χ4n) is 3.58. The predicted octanol–water partition coefficient (Wildman–Crippen LogP) is 2.95. The number of nitrogens with one attached hydrogen (secondary N) is 1. The molecule has 13 heavy (non-hydrogen) atoms. The van der Waals surface area contributed by atoms with Crippen molar-refractivity contribution in [3.63, 3.8) is 0 Å². The lowest BCUT2D eigenvalue weighted by Gasteiger charge is -2.33. The van der Waals surface area contributed by atoms with Crippen LogP contribution in [0.5, 0.6) is 0 Å². The number of hydrogen-bond donors (Lipinski definition) is 1. The van der Waals surface area contributed by atoms with Crippen molar-refractivity contribution in [2.45, 2.75) is 57.9 Å². The first-order valence-electron chi connectivity index (χ1n) is 5.81. The van der Waals surface area contributed by atoms with E-state index in [1.165, 1.54) is 38.5 Å². The molecule has 1 heteroatoms. The van der Waals surface area contributed by atoms with Crippen LogP contribution in [0.1, 0.15) is 52.4 Å². The topological polar surface area (TPSA) is 12.0 Å². The molecule has 0 aromatic heterocycles. The third-order valence-electron chi connectivity index (χ3n) is 4.55. The molecule has 0 saturated heterocycles. The van der Waals surface area contributed by atoms with Crippen LogP contribution >= 0.6 is 0 Å². The van der Waals surface area contributed by atoms with Gasteiger partial charge in [0.2, 0.25) is 0 Å². The molecule has 0 aromatic rings. The molecule has 2 aliphatic carbocycles. The van der Waals surface area contributed by atoms with Crippen molar-refractivity contribution in [1.29, 1.82) is 0 Å². The largest absolute Gasteiger partial charge is 0.313 e. The van der Waals surface area contributed by atoms with Crippen molar-refractivity contribution in [3.05, 3.63) is 0 Å². The second-order valence-corrected chi connectivity index (χ2v) is 5.62. The van der Waals surface area contributed by atoms with Crippen molar-refractivity contribution >= 4 is 0 Å². The van der Waals surface area contributed by atoms with E-state index in [-0.39, 0.29) is 0 Å². The number of hydrogen-bond acceptors (Lipinski definition) is 1. The molecule has 0 heterocycles. The van der Waals surface area contributed by atoms with Crippen LogP contribution in [0.3, 0.4) is 0 Å². The normalized spacial score (nSPS) is 39.0. The highest BCUT2D eigenvalue weighted by molar-refractivity contribution is 5.19. The van der Waals surface area contributed by atoms with Gasteiger partial charge in [-0.25, -0.2) is 0 Å². The van der Waals surface area contributed by atoms with Crippen LogP contribution in [-0.2, 0) is 0 Å². The van der Waals surface area contributed by atoms with Gasteiger partial charge in [-0.3, -0.25) is 0 Å². The molecule has 76 valence electrons. The molecular formula is C12H23N. The van der Waals surface area contributed by atoms with E-state index < -0.39 is 0 Å². The van der Waals surface area contributed by atoms with E-state index in [9.17, 15) is 0 Å². The minimum atomic E-state index is 0.507. The Morgan fingerprint density at radius 3 is 2.00 bits per heavy atom. The molecule has 2 rings (SSSR count). The monoisotopic (exact) mass is 181 g/mol. The van der Waals surface area contributed by atoms with Gasteiger partial charge in [0.25, 0.3) is 0 Å². The van der Waals surface area contributed by atoms with E-state index in [0.717, 1.165) is 5.92 Å². The Morgan fingerprint density at radius 2 is 1.62 bits per heavy atom. The van der Waals surface area contributed by atoms with Crippen LogP contribution < -0.4 is 5.32 Å². The number of rotatable bonds is 2. The van der Waals surface area contributed by atoms with Gasteiger partial charge in [-0.05, 0) is 37.6 Å². The minimum absolute atomic E-state index is 0.507. The standard InChI is InChI=1S/C12H23N/c1-11(2)9-12(11,13-3)10-7-5-4-6-8-10/h10,13H,4-9H2,1-3H3. The van der Waals surface area contributed by atoms with Crippen LogP contribution in [0.2, 0.25) is 0 Å². The first kappa shape index (κ1) is 9.51. The van der Waals surface area contributed by atoms with Gasteiger partial charge < -0.3 is 5.32 Å². The van der Waals surface area contributed by atoms with Gasteiger partial charge in [0.15, 0.2) is 0 Å². The van der Waals surface area contributed by atoms with E-state index >= 15 is 0 Å². The fourth-order valence-corrected chi connectivity index (χ4v) is 3.58. The molecular weight excluding hydrogens is 158 g/mol. The molecule has 2 fully saturated rings. The molecule has 0 spiro atoms. The molecule has 2 saturated carbocycles. The maximum atomic E-state index is 3.61. The second kappa shape index (κ2) is 2.98. The summed E-state index contributed by atoms with van der Waals surface area (Å²) in [4.78, 5) is 0. The van der Waals surface area contributed by atoms with Crippen molar-refractivity contribution in [3.8, 4) is 0 Å². The molecule has 0 amide bonds. The zero-order chi connectivity index (χ0) is 9.53. The fraction of sp³-hybridized carbons (Fsp3) is 1.00. The Hall–Kier alpha value is -0.0400.